The van der Waals surface area contributed by atoms with Gasteiger partial charge in [0.25, 0.3) is 0 Å². The molecule has 1 heterocycles. The average molecular weight is 261 g/mol. The monoisotopic (exact) mass is 261 g/mol. The van der Waals surface area contributed by atoms with E-state index in [1.807, 2.05) is 0 Å². The highest BCUT2D eigenvalue weighted by atomic mass is 15.1. The van der Waals surface area contributed by atoms with Crippen LogP contribution in [-0.4, -0.2) is 29.5 Å². The molecule has 0 aliphatic heterocycles. The molecule has 19 heavy (non-hydrogen) atoms. The fourth-order valence-corrected chi connectivity index (χ4v) is 2.48. The molecule has 0 atom stereocenters. The SMILES string of the molecule is CC(C)NCc1cccc(CN(C)CC2CCC2)n1. The molecule has 3 heteroatoms. The Kier molecular flexibility index (Phi) is 5.34. The molecule has 0 unspecified atom stereocenters. The Balaban J connectivity index is 1.83. The van der Waals surface area contributed by atoms with Crippen molar-refractivity contribution in [3.8, 4) is 0 Å². The molecule has 3 nitrogen and oxygen atoms in total. The van der Waals surface area contributed by atoms with Crippen molar-refractivity contribution in [3.05, 3.63) is 29.6 Å². The predicted molar refractivity (Wildman–Crippen MR) is 79.9 cm³/mol. The molecule has 0 aromatic carbocycles. The average Bonchev–Trinajstić information content (AvgIpc) is 2.32. The quantitative estimate of drug-likeness (QED) is 0.818. The van der Waals surface area contributed by atoms with Gasteiger partial charge in [0.1, 0.15) is 0 Å². The van der Waals surface area contributed by atoms with Gasteiger partial charge in [0.2, 0.25) is 0 Å². The molecule has 0 amide bonds. The molecular weight excluding hydrogens is 234 g/mol. The van der Waals surface area contributed by atoms with Crippen molar-refractivity contribution in [2.45, 2.75) is 52.2 Å². The number of hydrogen-bond acceptors (Lipinski definition) is 3. The van der Waals surface area contributed by atoms with Crippen LogP contribution in [0.5, 0.6) is 0 Å². The molecule has 1 aliphatic carbocycles. The van der Waals surface area contributed by atoms with Gasteiger partial charge in [0, 0.05) is 25.7 Å². The number of nitrogens with zero attached hydrogens (tertiary/aromatic N) is 2. The van der Waals surface area contributed by atoms with Crippen LogP contribution in [-0.2, 0) is 13.1 Å². The standard InChI is InChI=1S/C16H27N3/c1-13(2)17-10-15-8-5-9-16(18-15)12-19(3)11-14-6-4-7-14/h5,8-9,13-14,17H,4,6-7,10-12H2,1-3H3. The lowest BCUT2D eigenvalue weighted by atomic mass is 9.85. The number of rotatable bonds is 7. The fraction of sp³-hybridized carbons (Fsp3) is 0.688. The maximum Gasteiger partial charge on any atom is 0.0547 e. The number of hydrogen-bond donors (Lipinski definition) is 1. The third kappa shape index (κ3) is 4.92. The van der Waals surface area contributed by atoms with Crippen molar-refractivity contribution >= 4 is 0 Å². The van der Waals surface area contributed by atoms with Gasteiger partial charge >= 0.3 is 0 Å². The highest BCUT2D eigenvalue weighted by molar-refractivity contribution is 5.11. The van der Waals surface area contributed by atoms with Gasteiger partial charge in [0.15, 0.2) is 0 Å². The first-order valence-electron chi connectivity index (χ1n) is 7.50. The minimum absolute atomic E-state index is 0.506. The van der Waals surface area contributed by atoms with Crippen LogP contribution >= 0.6 is 0 Å². The van der Waals surface area contributed by atoms with Crippen molar-refractivity contribution in [1.82, 2.24) is 15.2 Å². The normalized spacial score (nSPS) is 16.1. The summed E-state index contributed by atoms with van der Waals surface area (Å²) in [7, 11) is 2.21. The third-order valence-electron chi connectivity index (χ3n) is 3.78. The first kappa shape index (κ1) is 14.5. The second kappa shape index (κ2) is 7.01. The summed E-state index contributed by atoms with van der Waals surface area (Å²) in [5.41, 5.74) is 2.33. The molecule has 0 saturated heterocycles. The Morgan fingerprint density at radius 2 is 2.05 bits per heavy atom. The third-order valence-corrected chi connectivity index (χ3v) is 3.78. The van der Waals surface area contributed by atoms with E-state index in [2.05, 4.69) is 49.3 Å². The maximum absolute atomic E-state index is 4.73. The van der Waals surface area contributed by atoms with Crippen LogP contribution < -0.4 is 5.32 Å². The van der Waals surface area contributed by atoms with Gasteiger partial charge in [-0.15, -0.1) is 0 Å². The Bertz CT molecular complexity index is 385. The van der Waals surface area contributed by atoms with Crippen LogP contribution in [0.3, 0.4) is 0 Å². The smallest absolute Gasteiger partial charge is 0.0547 e. The van der Waals surface area contributed by atoms with Crippen LogP contribution in [0.1, 0.15) is 44.5 Å². The molecular formula is C16H27N3. The van der Waals surface area contributed by atoms with Gasteiger partial charge in [-0.2, -0.15) is 0 Å². The Morgan fingerprint density at radius 3 is 2.68 bits per heavy atom. The molecule has 106 valence electrons. The molecule has 0 spiro atoms. The van der Waals surface area contributed by atoms with Crippen molar-refractivity contribution < 1.29 is 0 Å². The lowest BCUT2D eigenvalue weighted by Crippen LogP contribution is -2.29. The van der Waals surface area contributed by atoms with Gasteiger partial charge in [-0.05, 0) is 37.9 Å². The van der Waals surface area contributed by atoms with E-state index in [9.17, 15) is 0 Å². The zero-order chi connectivity index (χ0) is 13.7. The lowest BCUT2D eigenvalue weighted by molar-refractivity contribution is 0.199. The van der Waals surface area contributed by atoms with E-state index in [0.29, 0.717) is 6.04 Å². The fourth-order valence-electron chi connectivity index (χ4n) is 2.48. The molecule has 1 saturated carbocycles. The topological polar surface area (TPSA) is 28.2 Å². The highest BCUT2D eigenvalue weighted by Gasteiger charge is 2.19. The number of nitrogens with one attached hydrogen (secondary N) is 1. The van der Waals surface area contributed by atoms with Crippen molar-refractivity contribution in [3.63, 3.8) is 0 Å². The summed E-state index contributed by atoms with van der Waals surface area (Å²) >= 11 is 0. The van der Waals surface area contributed by atoms with Crippen molar-refractivity contribution in [1.29, 1.82) is 0 Å². The first-order chi connectivity index (χ1) is 9.13. The van der Waals surface area contributed by atoms with Gasteiger partial charge in [-0.1, -0.05) is 26.3 Å². The Labute approximate surface area is 117 Å². The first-order valence-corrected chi connectivity index (χ1v) is 7.50. The summed E-state index contributed by atoms with van der Waals surface area (Å²) < 4.78 is 0. The van der Waals surface area contributed by atoms with Crippen LogP contribution in [0, 0.1) is 5.92 Å². The minimum Gasteiger partial charge on any atom is -0.309 e. The molecule has 1 fully saturated rings. The molecule has 1 N–H and O–H groups in total. The summed E-state index contributed by atoms with van der Waals surface area (Å²) in [6.45, 7) is 7.37. The van der Waals surface area contributed by atoms with E-state index in [0.717, 1.165) is 24.7 Å². The summed E-state index contributed by atoms with van der Waals surface area (Å²) in [5.74, 6) is 0.927. The lowest BCUT2D eigenvalue weighted by Gasteiger charge is -2.30. The highest BCUT2D eigenvalue weighted by Crippen LogP contribution is 2.26. The van der Waals surface area contributed by atoms with E-state index in [1.54, 1.807) is 0 Å². The summed E-state index contributed by atoms with van der Waals surface area (Å²) in [6.07, 6.45) is 4.25. The van der Waals surface area contributed by atoms with Crippen molar-refractivity contribution in [2.75, 3.05) is 13.6 Å². The summed E-state index contributed by atoms with van der Waals surface area (Å²) in [6, 6.07) is 6.87. The summed E-state index contributed by atoms with van der Waals surface area (Å²) in [5, 5.41) is 3.42. The largest absolute Gasteiger partial charge is 0.309 e. The second-order valence-corrected chi connectivity index (χ2v) is 6.15. The molecule has 0 bridgehead atoms. The van der Waals surface area contributed by atoms with Gasteiger partial charge < -0.3 is 10.2 Å². The maximum atomic E-state index is 4.73. The van der Waals surface area contributed by atoms with E-state index < -0.39 is 0 Å². The predicted octanol–water partition coefficient (Wildman–Crippen LogP) is 2.81. The Hall–Kier alpha value is -0.930. The van der Waals surface area contributed by atoms with E-state index in [4.69, 9.17) is 4.98 Å². The van der Waals surface area contributed by atoms with Crippen LogP contribution in [0.25, 0.3) is 0 Å². The number of aromatic nitrogens is 1. The molecule has 1 aliphatic rings. The van der Waals surface area contributed by atoms with Crippen molar-refractivity contribution in [2.24, 2.45) is 5.92 Å². The van der Waals surface area contributed by atoms with Crippen LogP contribution in [0.4, 0.5) is 0 Å². The van der Waals surface area contributed by atoms with Gasteiger partial charge in [-0.25, -0.2) is 0 Å². The van der Waals surface area contributed by atoms with E-state index in [1.165, 1.54) is 31.5 Å². The van der Waals surface area contributed by atoms with Gasteiger partial charge in [-0.3, -0.25) is 4.98 Å². The van der Waals surface area contributed by atoms with Gasteiger partial charge in [0.05, 0.1) is 11.4 Å². The molecule has 0 radical (unpaired) electrons. The second-order valence-electron chi connectivity index (χ2n) is 6.15. The van der Waals surface area contributed by atoms with Crippen LogP contribution in [0.2, 0.25) is 0 Å². The zero-order valence-corrected chi connectivity index (χ0v) is 12.5. The summed E-state index contributed by atoms with van der Waals surface area (Å²) in [4.78, 5) is 7.14. The Morgan fingerprint density at radius 1 is 1.32 bits per heavy atom. The molecule has 1 aromatic heterocycles. The van der Waals surface area contributed by atoms with E-state index >= 15 is 0 Å². The molecule has 1 aromatic rings. The van der Waals surface area contributed by atoms with E-state index in [-0.39, 0.29) is 0 Å². The van der Waals surface area contributed by atoms with Crippen LogP contribution in [0.15, 0.2) is 18.2 Å². The molecule has 2 rings (SSSR count). The minimum atomic E-state index is 0.506. The number of pyridine rings is 1. The zero-order valence-electron chi connectivity index (χ0n) is 12.5.